The standard InChI is InChI=1S/C27H19ClN2O4/c28-21-11-9-19(10-12-21)20(17-29)16-18-7-13-22(14-8-18)34-25(31)6-3-15-30-26(32)23-4-1-2-5-24(23)27(30)33/h1-2,4-5,7-14,16H,3,6,15H2/b20-16-. The van der Waals surface area contributed by atoms with E-state index >= 15 is 0 Å². The molecule has 0 bridgehead atoms. The molecule has 0 spiro atoms. The summed E-state index contributed by atoms with van der Waals surface area (Å²) in [7, 11) is 0. The van der Waals surface area contributed by atoms with E-state index in [9.17, 15) is 19.6 Å². The maximum atomic E-state index is 12.4. The lowest BCUT2D eigenvalue weighted by molar-refractivity contribution is -0.134. The lowest BCUT2D eigenvalue weighted by Crippen LogP contribution is -2.31. The first-order chi connectivity index (χ1) is 16.5. The van der Waals surface area contributed by atoms with Crippen molar-refractivity contribution in [3.63, 3.8) is 0 Å². The molecule has 4 rings (SSSR count). The van der Waals surface area contributed by atoms with Gasteiger partial charge in [-0.2, -0.15) is 5.26 Å². The van der Waals surface area contributed by atoms with Crippen LogP contribution in [-0.2, 0) is 4.79 Å². The third-order valence-corrected chi connectivity index (χ3v) is 5.59. The predicted octanol–water partition coefficient (Wildman–Crippen LogP) is 5.39. The van der Waals surface area contributed by atoms with Crippen LogP contribution < -0.4 is 4.74 Å². The normalized spacial score (nSPS) is 12.9. The summed E-state index contributed by atoms with van der Waals surface area (Å²) >= 11 is 5.90. The number of carbonyl (C=O) groups excluding carboxylic acids is 3. The SMILES string of the molecule is N#C/C(=C/c1ccc(OC(=O)CCCN2C(=O)c3ccccc3C2=O)cc1)c1ccc(Cl)cc1. The molecule has 1 aliphatic heterocycles. The molecule has 34 heavy (non-hydrogen) atoms. The molecular weight excluding hydrogens is 452 g/mol. The average molecular weight is 471 g/mol. The fourth-order valence-corrected chi connectivity index (χ4v) is 3.74. The molecule has 2 amide bonds. The number of amides is 2. The molecule has 0 unspecified atom stereocenters. The Balaban J connectivity index is 1.30. The lowest BCUT2D eigenvalue weighted by atomic mass is 10.0. The first-order valence-electron chi connectivity index (χ1n) is 10.6. The van der Waals surface area contributed by atoms with E-state index in [1.165, 1.54) is 0 Å². The van der Waals surface area contributed by atoms with Gasteiger partial charge >= 0.3 is 5.97 Å². The second kappa shape index (κ2) is 10.2. The Morgan fingerprint density at radius 1 is 0.941 bits per heavy atom. The number of nitrogens with zero attached hydrogens (tertiary/aromatic N) is 2. The summed E-state index contributed by atoms with van der Waals surface area (Å²) in [6, 6.07) is 22.6. The van der Waals surface area contributed by atoms with Gasteiger partial charge in [0.25, 0.3) is 11.8 Å². The first kappa shape index (κ1) is 23.0. The van der Waals surface area contributed by atoms with Gasteiger partial charge in [-0.15, -0.1) is 0 Å². The third-order valence-electron chi connectivity index (χ3n) is 5.34. The number of ether oxygens (including phenoxy) is 1. The second-order valence-corrected chi connectivity index (χ2v) is 8.07. The maximum Gasteiger partial charge on any atom is 0.311 e. The number of carbonyl (C=O) groups is 3. The topological polar surface area (TPSA) is 87.5 Å². The Kier molecular flexibility index (Phi) is 6.86. The van der Waals surface area contributed by atoms with E-state index in [4.69, 9.17) is 16.3 Å². The molecule has 1 heterocycles. The van der Waals surface area contributed by atoms with E-state index in [1.54, 1.807) is 78.9 Å². The van der Waals surface area contributed by atoms with Gasteiger partial charge < -0.3 is 4.74 Å². The van der Waals surface area contributed by atoms with Gasteiger partial charge in [0.1, 0.15) is 5.75 Å². The second-order valence-electron chi connectivity index (χ2n) is 7.63. The fraction of sp³-hybridized carbons (Fsp3) is 0.111. The van der Waals surface area contributed by atoms with Crippen LogP contribution in [0.1, 0.15) is 44.7 Å². The molecule has 0 radical (unpaired) electrons. The summed E-state index contributed by atoms with van der Waals surface area (Å²) in [5, 5.41) is 10.1. The van der Waals surface area contributed by atoms with Gasteiger partial charge in [-0.25, -0.2) is 0 Å². The summed E-state index contributed by atoms with van der Waals surface area (Å²) in [4.78, 5) is 38.1. The van der Waals surface area contributed by atoms with Crippen LogP contribution in [0, 0.1) is 11.3 Å². The maximum absolute atomic E-state index is 12.4. The van der Waals surface area contributed by atoms with E-state index in [0.29, 0.717) is 33.9 Å². The number of benzene rings is 3. The van der Waals surface area contributed by atoms with Crippen LogP contribution in [0.2, 0.25) is 5.02 Å². The highest BCUT2D eigenvalue weighted by atomic mass is 35.5. The van der Waals surface area contributed by atoms with Gasteiger partial charge in [0.15, 0.2) is 0 Å². The Bertz CT molecular complexity index is 1290. The van der Waals surface area contributed by atoms with E-state index < -0.39 is 5.97 Å². The molecule has 7 heteroatoms. The average Bonchev–Trinajstić information content (AvgIpc) is 3.09. The van der Waals surface area contributed by atoms with Crippen molar-refractivity contribution in [1.82, 2.24) is 4.90 Å². The van der Waals surface area contributed by atoms with Gasteiger partial charge in [0.2, 0.25) is 0 Å². The number of nitriles is 1. The van der Waals surface area contributed by atoms with Gasteiger partial charge in [-0.1, -0.05) is 48.0 Å². The zero-order valence-corrected chi connectivity index (χ0v) is 18.8. The van der Waals surface area contributed by atoms with E-state index in [2.05, 4.69) is 6.07 Å². The molecule has 0 atom stereocenters. The van der Waals surface area contributed by atoms with Crippen LogP contribution in [0.5, 0.6) is 5.75 Å². The molecule has 0 aliphatic carbocycles. The summed E-state index contributed by atoms with van der Waals surface area (Å²) in [5.41, 5.74) is 2.78. The van der Waals surface area contributed by atoms with E-state index in [-0.39, 0.29) is 24.8 Å². The molecule has 0 saturated carbocycles. The largest absolute Gasteiger partial charge is 0.427 e. The Hall–Kier alpha value is -4.21. The minimum absolute atomic E-state index is 0.0597. The van der Waals surface area contributed by atoms with Gasteiger partial charge in [-0.3, -0.25) is 19.3 Å². The number of halogens is 1. The van der Waals surface area contributed by atoms with Crippen molar-refractivity contribution >= 4 is 41.0 Å². The smallest absolute Gasteiger partial charge is 0.311 e. The van der Waals surface area contributed by atoms with Crippen molar-refractivity contribution in [3.05, 3.63) is 100 Å². The van der Waals surface area contributed by atoms with Crippen LogP contribution in [0.15, 0.2) is 72.8 Å². The van der Waals surface area contributed by atoms with Crippen molar-refractivity contribution < 1.29 is 19.1 Å². The zero-order chi connectivity index (χ0) is 24.1. The summed E-state index contributed by atoms with van der Waals surface area (Å²) in [5.74, 6) is -0.771. The van der Waals surface area contributed by atoms with Crippen LogP contribution in [-0.4, -0.2) is 29.2 Å². The highest BCUT2D eigenvalue weighted by Crippen LogP contribution is 2.24. The van der Waals surface area contributed by atoms with Crippen LogP contribution in [0.25, 0.3) is 11.6 Å². The minimum atomic E-state index is -0.459. The number of imide groups is 1. The van der Waals surface area contributed by atoms with E-state index in [0.717, 1.165) is 16.0 Å². The van der Waals surface area contributed by atoms with Gasteiger partial charge in [0, 0.05) is 18.0 Å². The molecule has 0 saturated heterocycles. The number of hydrogen-bond donors (Lipinski definition) is 0. The minimum Gasteiger partial charge on any atom is -0.427 e. The predicted molar refractivity (Wildman–Crippen MR) is 128 cm³/mol. The molecular formula is C27H19ClN2O4. The van der Waals surface area contributed by atoms with Crippen LogP contribution in [0.4, 0.5) is 0 Å². The zero-order valence-electron chi connectivity index (χ0n) is 18.0. The van der Waals surface area contributed by atoms with Gasteiger partial charge in [0.05, 0.1) is 22.8 Å². The molecule has 168 valence electrons. The van der Waals surface area contributed by atoms with Crippen molar-refractivity contribution in [3.8, 4) is 11.8 Å². The van der Waals surface area contributed by atoms with E-state index in [1.807, 2.05) is 0 Å². The highest BCUT2D eigenvalue weighted by molar-refractivity contribution is 6.30. The lowest BCUT2D eigenvalue weighted by Gasteiger charge is -2.13. The molecule has 6 nitrogen and oxygen atoms in total. The molecule has 0 fully saturated rings. The molecule has 0 N–H and O–H groups in total. The molecule has 0 aromatic heterocycles. The molecule has 3 aromatic rings. The number of rotatable bonds is 7. The number of allylic oxidation sites excluding steroid dienone is 1. The third kappa shape index (κ3) is 5.06. The molecule has 3 aromatic carbocycles. The number of fused-ring (bicyclic) bond motifs is 1. The summed E-state index contributed by atoms with van der Waals surface area (Å²) < 4.78 is 5.35. The fourth-order valence-electron chi connectivity index (χ4n) is 3.61. The Morgan fingerprint density at radius 3 is 2.15 bits per heavy atom. The summed E-state index contributed by atoms with van der Waals surface area (Å²) in [6.07, 6.45) is 2.10. The van der Waals surface area contributed by atoms with Crippen molar-refractivity contribution in [1.29, 1.82) is 5.26 Å². The van der Waals surface area contributed by atoms with Gasteiger partial charge in [-0.05, 0) is 60.0 Å². The van der Waals surface area contributed by atoms with Crippen molar-refractivity contribution in [2.45, 2.75) is 12.8 Å². The number of hydrogen-bond acceptors (Lipinski definition) is 5. The highest BCUT2D eigenvalue weighted by Gasteiger charge is 2.34. The molecule has 1 aliphatic rings. The summed E-state index contributed by atoms with van der Waals surface area (Å²) in [6.45, 7) is 0.146. The van der Waals surface area contributed by atoms with Crippen LogP contribution >= 0.6 is 11.6 Å². The monoisotopic (exact) mass is 470 g/mol. The van der Waals surface area contributed by atoms with Crippen molar-refractivity contribution in [2.24, 2.45) is 0 Å². The Morgan fingerprint density at radius 2 is 1.56 bits per heavy atom. The van der Waals surface area contributed by atoms with Crippen LogP contribution in [0.3, 0.4) is 0 Å². The first-order valence-corrected chi connectivity index (χ1v) is 11.0. The number of esters is 1. The quantitative estimate of drug-likeness (QED) is 0.152. The Labute approximate surface area is 201 Å². The van der Waals surface area contributed by atoms with Crippen molar-refractivity contribution in [2.75, 3.05) is 6.54 Å².